The molecule has 0 aliphatic rings. The lowest BCUT2D eigenvalue weighted by atomic mass is 10.0. The molecular weight excluding hydrogens is 328 g/mol. The molecule has 0 saturated carbocycles. The van der Waals surface area contributed by atoms with Crippen molar-refractivity contribution in [3.05, 3.63) is 69.7 Å². The van der Waals surface area contributed by atoms with Crippen molar-refractivity contribution in [2.45, 2.75) is 25.9 Å². The second kappa shape index (κ2) is 7.38. The molecule has 3 N–H and O–H groups in total. The van der Waals surface area contributed by atoms with E-state index in [9.17, 15) is 4.79 Å². The number of halogens is 1. The third kappa shape index (κ3) is 4.41. The van der Waals surface area contributed by atoms with Gasteiger partial charge in [-0.2, -0.15) is 0 Å². The highest BCUT2D eigenvalue weighted by Gasteiger charge is 2.11. The molecule has 2 aromatic rings. The van der Waals surface area contributed by atoms with Crippen LogP contribution in [-0.2, 0) is 17.8 Å². The number of hydrogen-bond acceptors (Lipinski definition) is 2. The summed E-state index contributed by atoms with van der Waals surface area (Å²) in [6.07, 6.45) is 0.353. The molecule has 0 saturated heterocycles. The summed E-state index contributed by atoms with van der Waals surface area (Å²) in [6.45, 7) is 2.43. The molecule has 4 heteroatoms. The molecule has 3 nitrogen and oxygen atoms in total. The van der Waals surface area contributed by atoms with E-state index >= 15 is 0 Å². The van der Waals surface area contributed by atoms with Gasteiger partial charge >= 0.3 is 0 Å². The SMILES string of the molecule is C[C@@H](NC(=O)Cc1ccccc1CN)c1cccc(Br)c1. The van der Waals surface area contributed by atoms with Crippen LogP contribution >= 0.6 is 15.9 Å². The van der Waals surface area contributed by atoms with Gasteiger partial charge in [0, 0.05) is 11.0 Å². The van der Waals surface area contributed by atoms with E-state index in [0.717, 1.165) is 21.2 Å². The van der Waals surface area contributed by atoms with E-state index in [1.807, 2.05) is 55.5 Å². The van der Waals surface area contributed by atoms with E-state index in [2.05, 4.69) is 21.2 Å². The Labute approximate surface area is 133 Å². The van der Waals surface area contributed by atoms with Gasteiger partial charge in [-0.3, -0.25) is 4.79 Å². The number of nitrogens with one attached hydrogen (secondary N) is 1. The Bertz CT molecular complexity index is 628. The van der Waals surface area contributed by atoms with E-state index < -0.39 is 0 Å². The highest BCUT2D eigenvalue weighted by atomic mass is 79.9. The van der Waals surface area contributed by atoms with Gasteiger partial charge in [0.05, 0.1) is 12.5 Å². The molecule has 0 bridgehead atoms. The largest absolute Gasteiger partial charge is 0.349 e. The lowest BCUT2D eigenvalue weighted by molar-refractivity contribution is -0.121. The summed E-state index contributed by atoms with van der Waals surface area (Å²) in [6, 6.07) is 15.7. The third-order valence-corrected chi connectivity index (χ3v) is 3.91. The normalized spacial score (nSPS) is 12.0. The molecule has 1 amide bonds. The fourth-order valence-corrected chi connectivity index (χ4v) is 2.67. The molecule has 2 aromatic carbocycles. The van der Waals surface area contributed by atoms with Crippen molar-refractivity contribution in [2.75, 3.05) is 0 Å². The minimum Gasteiger partial charge on any atom is -0.349 e. The maximum atomic E-state index is 12.2. The number of nitrogens with two attached hydrogens (primary N) is 1. The van der Waals surface area contributed by atoms with E-state index in [-0.39, 0.29) is 11.9 Å². The Hall–Kier alpha value is -1.65. The van der Waals surface area contributed by atoms with Crippen LogP contribution in [0.5, 0.6) is 0 Å². The van der Waals surface area contributed by atoms with Crippen LogP contribution in [0.15, 0.2) is 53.0 Å². The van der Waals surface area contributed by atoms with Crippen molar-refractivity contribution in [2.24, 2.45) is 5.73 Å². The fourth-order valence-electron chi connectivity index (χ4n) is 2.25. The number of rotatable bonds is 5. The van der Waals surface area contributed by atoms with Crippen LogP contribution in [0, 0.1) is 0 Å². The predicted octanol–water partition coefficient (Wildman–Crippen LogP) is 3.33. The molecule has 0 spiro atoms. The van der Waals surface area contributed by atoms with Crippen molar-refractivity contribution in [3.8, 4) is 0 Å². The number of hydrogen-bond donors (Lipinski definition) is 2. The maximum absolute atomic E-state index is 12.2. The van der Waals surface area contributed by atoms with Gasteiger partial charge in [0.25, 0.3) is 0 Å². The van der Waals surface area contributed by atoms with Gasteiger partial charge in [0.1, 0.15) is 0 Å². The van der Waals surface area contributed by atoms with E-state index in [4.69, 9.17) is 5.73 Å². The first-order chi connectivity index (χ1) is 10.1. The van der Waals surface area contributed by atoms with Crippen LogP contribution in [0.25, 0.3) is 0 Å². The summed E-state index contributed by atoms with van der Waals surface area (Å²) in [5.41, 5.74) is 8.77. The maximum Gasteiger partial charge on any atom is 0.224 e. The zero-order valence-corrected chi connectivity index (χ0v) is 13.6. The van der Waals surface area contributed by atoms with Gasteiger partial charge in [-0.15, -0.1) is 0 Å². The van der Waals surface area contributed by atoms with Crippen LogP contribution in [0.2, 0.25) is 0 Å². The number of amides is 1. The summed E-state index contributed by atoms with van der Waals surface area (Å²) in [5.74, 6) is 0.00313. The van der Waals surface area contributed by atoms with Gasteiger partial charge in [0.15, 0.2) is 0 Å². The number of carbonyl (C=O) groups excluding carboxylic acids is 1. The Kier molecular flexibility index (Phi) is 5.53. The molecule has 1 atom stereocenters. The zero-order valence-electron chi connectivity index (χ0n) is 12.0. The average molecular weight is 347 g/mol. The zero-order chi connectivity index (χ0) is 15.2. The second-order valence-corrected chi connectivity index (χ2v) is 5.91. The lowest BCUT2D eigenvalue weighted by Crippen LogP contribution is -2.28. The molecule has 0 aliphatic heterocycles. The molecular formula is C17H19BrN2O. The van der Waals surface area contributed by atoms with Gasteiger partial charge in [-0.1, -0.05) is 52.3 Å². The van der Waals surface area contributed by atoms with Crippen LogP contribution in [0.3, 0.4) is 0 Å². The minimum atomic E-state index is -0.0277. The Balaban J connectivity index is 2.01. The third-order valence-electron chi connectivity index (χ3n) is 3.42. The molecule has 0 fully saturated rings. The molecule has 0 aromatic heterocycles. The number of benzene rings is 2. The monoisotopic (exact) mass is 346 g/mol. The Morgan fingerprint density at radius 2 is 1.90 bits per heavy atom. The summed E-state index contributed by atoms with van der Waals surface area (Å²) in [4.78, 5) is 12.2. The molecule has 0 heterocycles. The minimum absolute atomic E-state index is 0.00313. The molecule has 0 aliphatic carbocycles. The van der Waals surface area contributed by atoms with Crippen LogP contribution in [-0.4, -0.2) is 5.91 Å². The first-order valence-corrected chi connectivity index (χ1v) is 7.71. The first-order valence-electron chi connectivity index (χ1n) is 6.92. The van der Waals surface area contributed by atoms with E-state index in [1.165, 1.54) is 0 Å². The van der Waals surface area contributed by atoms with Gasteiger partial charge in [0.2, 0.25) is 5.91 Å². The summed E-state index contributed by atoms with van der Waals surface area (Å²) < 4.78 is 1.01. The van der Waals surface area contributed by atoms with Crippen molar-refractivity contribution in [1.29, 1.82) is 0 Å². The lowest BCUT2D eigenvalue weighted by Gasteiger charge is -2.15. The number of carbonyl (C=O) groups is 1. The van der Waals surface area contributed by atoms with E-state index in [1.54, 1.807) is 0 Å². The molecule has 0 radical (unpaired) electrons. The predicted molar refractivity (Wildman–Crippen MR) is 88.7 cm³/mol. The van der Waals surface area contributed by atoms with Gasteiger partial charge in [-0.05, 0) is 35.7 Å². The molecule has 2 rings (SSSR count). The van der Waals surface area contributed by atoms with Gasteiger partial charge < -0.3 is 11.1 Å². The van der Waals surface area contributed by atoms with Crippen molar-refractivity contribution < 1.29 is 4.79 Å². The molecule has 110 valence electrons. The molecule has 0 unspecified atom stereocenters. The van der Waals surface area contributed by atoms with Crippen LogP contribution in [0.1, 0.15) is 29.7 Å². The van der Waals surface area contributed by atoms with Gasteiger partial charge in [-0.25, -0.2) is 0 Å². The smallest absolute Gasteiger partial charge is 0.224 e. The van der Waals surface area contributed by atoms with Crippen molar-refractivity contribution in [1.82, 2.24) is 5.32 Å². The van der Waals surface area contributed by atoms with Crippen molar-refractivity contribution >= 4 is 21.8 Å². The Morgan fingerprint density at radius 1 is 1.19 bits per heavy atom. The van der Waals surface area contributed by atoms with E-state index in [0.29, 0.717) is 13.0 Å². The molecule has 21 heavy (non-hydrogen) atoms. The fraction of sp³-hybridized carbons (Fsp3) is 0.235. The quantitative estimate of drug-likeness (QED) is 0.872. The Morgan fingerprint density at radius 3 is 2.57 bits per heavy atom. The second-order valence-electron chi connectivity index (χ2n) is 4.99. The van der Waals surface area contributed by atoms with Crippen LogP contribution in [0.4, 0.5) is 0 Å². The topological polar surface area (TPSA) is 55.1 Å². The van der Waals surface area contributed by atoms with Crippen molar-refractivity contribution in [3.63, 3.8) is 0 Å². The summed E-state index contributed by atoms with van der Waals surface area (Å²) in [5, 5.41) is 3.02. The first kappa shape index (κ1) is 15.7. The summed E-state index contributed by atoms with van der Waals surface area (Å²) >= 11 is 3.44. The average Bonchev–Trinajstić information content (AvgIpc) is 2.47. The summed E-state index contributed by atoms with van der Waals surface area (Å²) in [7, 11) is 0. The standard InChI is InChI=1S/C17H19BrN2O/c1-12(13-7-4-8-16(18)9-13)20-17(21)10-14-5-2-3-6-15(14)11-19/h2-9,12H,10-11,19H2,1H3,(H,20,21)/t12-/m1/s1. The highest BCUT2D eigenvalue weighted by molar-refractivity contribution is 9.10. The van der Waals surface area contributed by atoms with Crippen LogP contribution < -0.4 is 11.1 Å². The highest BCUT2D eigenvalue weighted by Crippen LogP contribution is 2.18.